The van der Waals surface area contributed by atoms with Crippen LogP contribution in [0.1, 0.15) is 16.7 Å². The Labute approximate surface area is 115 Å². The van der Waals surface area contributed by atoms with Crippen LogP contribution in [0.2, 0.25) is 0 Å². The van der Waals surface area contributed by atoms with Crippen molar-refractivity contribution in [3.05, 3.63) is 51.6 Å². The van der Waals surface area contributed by atoms with E-state index in [1.807, 2.05) is 26.0 Å². The average Bonchev–Trinajstić information content (AvgIpc) is 2.36. The summed E-state index contributed by atoms with van der Waals surface area (Å²) >= 11 is 3.31. The van der Waals surface area contributed by atoms with Crippen LogP contribution in [0.15, 0.2) is 34.9 Å². The van der Waals surface area contributed by atoms with Gasteiger partial charge in [0, 0.05) is 16.4 Å². The van der Waals surface area contributed by atoms with Gasteiger partial charge in [0.1, 0.15) is 11.9 Å². The van der Waals surface area contributed by atoms with Crippen LogP contribution in [-0.4, -0.2) is 4.98 Å². The molecule has 1 aromatic carbocycles. The van der Waals surface area contributed by atoms with Gasteiger partial charge in [-0.1, -0.05) is 12.1 Å². The zero-order valence-electron chi connectivity index (χ0n) is 10.2. The summed E-state index contributed by atoms with van der Waals surface area (Å²) in [5.74, 6) is 0.578. The SMILES string of the molecule is Cc1ccc(C)c(Nc2ncc(Br)cc2C#N)c1. The van der Waals surface area contributed by atoms with Crippen LogP contribution < -0.4 is 5.32 Å². The average molecular weight is 302 g/mol. The second-order valence-electron chi connectivity index (χ2n) is 4.10. The van der Waals surface area contributed by atoms with Gasteiger partial charge < -0.3 is 5.32 Å². The molecule has 4 heteroatoms. The summed E-state index contributed by atoms with van der Waals surface area (Å²) in [4.78, 5) is 4.23. The predicted molar refractivity (Wildman–Crippen MR) is 75.9 cm³/mol. The Hall–Kier alpha value is -1.86. The minimum atomic E-state index is 0.519. The molecular formula is C14H12BrN3. The van der Waals surface area contributed by atoms with Gasteiger partial charge >= 0.3 is 0 Å². The molecule has 90 valence electrons. The number of aryl methyl sites for hydroxylation is 2. The molecule has 0 aliphatic rings. The van der Waals surface area contributed by atoms with Crippen molar-refractivity contribution in [3.8, 4) is 6.07 Å². The third-order valence-corrected chi connectivity index (χ3v) is 3.05. The lowest BCUT2D eigenvalue weighted by Crippen LogP contribution is -1.99. The highest BCUT2D eigenvalue weighted by Crippen LogP contribution is 2.24. The maximum absolute atomic E-state index is 9.09. The van der Waals surface area contributed by atoms with Crippen molar-refractivity contribution in [2.75, 3.05) is 5.32 Å². The van der Waals surface area contributed by atoms with E-state index in [4.69, 9.17) is 5.26 Å². The van der Waals surface area contributed by atoms with Gasteiger partial charge in [-0.3, -0.25) is 0 Å². The maximum Gasteiger partial charge on any atom is 0.148 e. The van der Waals surface area contributed by atoms with E-state index in [1.165, 1.54) is 5.56 Å². The molecule has 0 radical (unpaired) electrons. The molecule has 0 aliphatic heterocycles. The first-order valence-electron chi connectivity index (χ1n) is 5.50. The van der Waals surface area contributed by atoms with E-state index in [2.05, 4.69) is 38.4 Å². The highest BCUT2D eigenvalue weighted by atomic mass is 79.9. The summed E-state index contributed by atoms with van der Waals surface area (Å²) in [7, 11) is 0. The second kappa shape index (κ2) is 5.19. The minimum Gasteiger partial charge on any atom is -0.339 e. The van der Waals surface area contributed by atoms with E-state index in [0.29, 0.717) is 11.4 Å². The Morgan fingerprint density at radius 3 is 2.78 bits per heavy atom. The van der Waals surface area contributed by atoms with Gasteiger partial charge in [-0.15, -0.1) is 0 Å². The molecule has 0 bridgehead atoms. The van der Waals surface area contributed by atoms with Crippen molar-refractivity contribution in [1.29, 1.82) is 5.26 Å². The summed E-state index contributed by atoms with van der Waals surface area (Å²) in [6.45, 7) is 4.05. The molecule has 1 heterocycles. The predicted octanol–water partition coefficient (Wildman–Crippen LogP) is 4.08. The number of anilines is 2. The summed E-state index contributed by atoms with van der Waals surface area (Å²) < 4.78 is 0.797. The topological polar surface area (TPSA) is 48.7 Å². The first-order valence-corrected chi connectivity index (χ1v) is 6.29. The first-order chi connectivity index (χ1) is 8.60. The van der Waals surface area contributed by atoms with Crippen LogP contribution in [0, 0.1) is 25.2 Å². The van der Waals surface area contributed by atoms with Gasteiger partial charge in [0.15, 0.2) is 0 Å². The number of nitrogens with one attached hydrogen (secondary N) is 1. The van der Waals surface area contributed by atoms with Crippen molar-refractivity contribution in [3.63, 3.8) is 0 Å². The standard InChI is InChI=1S/C14H12BrN3/c1-9-3-4-10(2)13(5-9)18-14-11(7-16)6-12(15)8-17-14/h3-6,8H,1-2H3,(H,17,18). The molecule has 18 heavy (non-hydrogen) atoms. The van der Waals surface area contributed by atoms with Crippen molar-refractivity contribution in [2.45, 2.75) is 13.8 Å². The van der Waals surface area contributed by atoms with E-state index >= 15 is 0 Å². The Kier molecular flexibility index (Phi) is 3.63. The van der Waals surface area contributed by atoms with Gasteiger partial charge in [-0.05, 0) is 53.0 Å². The summed E-state index contributed by atoms with van der Waals surface area (Å²) in [5, 5.41) is 12.3. The van der Waals surface area contributed by atoms with Crippen molar-refractivity contribution in [2.24, 2.45) is 0 Å². The van der Waals surface area contributed by atoms with E-state index in [9.17, 15) is 0 Å². The van der Waals surface area contributed by atoms with Crippen molar-refractivity contribution >= 4 is 27.4 Å². The van der Waals surface area contributed by atoms with Crippen molar-refractivity contribution in [1.82, 2.24) is 4.98 Å². The molecule has 0 saturated heterocycles. The van der Waals surface area contributed by atoms with Crippen LogP contribution in [0.25, 0.3) is 0 Å². The van der Waals surface area contributed by atoms with Gasteiger partial charge in [0.2, 0.25) is 0 Å². The molecule has 0 aliphatic carbocycles. The molecule has 0 fully saturated rings. The fourth-order valence-electron chi connectivity index (χ4n) is 1.62. The highest BCUT2D eigenvalue weighted by molar-refractivity contribution is 9.10. The van der Waals surface area contributed by atoms with Crippen molar-refractivity contribution < 1.29 is 0 Å². The number of nitrogens with zero attached hydrogens (tertiary/aromatic N) is 2. The minimum absolute atomic E-state index is 0.519. The molecule has 2 rings (SSSR count). The molecular weight excluding hydrogens is 290 g/mol. The molecule has 0 amide bonds. The summed E-state index contributed by atoms with van der Waals surface area (Å²) in [6.07, 6.45) is 1.67. The zero-order chi connectivity index (χ0) is 13.1. The number of pyridine rings is 1. The van der Waals surface area contributed by atoms with E-state index in [-0.39, 0.29) is 0 Å². The number of hydrogen-bond donors (Lipinski definition) is 1. The summed E-state index contributed by atoms with van der Waals surface area (Å²) in [6, 6.07) is 10.0. The molecule has 1 N–H and O–H groups in total. The fraction of sp³-hybridized carbons (Fsp3) is 0.143. The quantitative estimate of drug-likeness (QED) is 0.909. The number of aromatic nitrogens is 1. The second-order valence-corrected chi connectivity index (χ2v) is 5.02. The van der Waals surface area contributed by atoms with Crippen LogP contribution in [0.5, 0.6) is 0 Å². The number of hydrogen-bond acceptors (Lipinski definition) is 3. The Morgan fingerprint density at radius 1 is 1.28 bits per heavy atom. The van der Waals surface area contributed by atoms with Gasteiger partial charge in [-0.25, -0.2) is 4.98 Å². The number of rotatable bonds is 2. The fourth-order valence-corrected chi connectivity index (χ4v) is 1.95. The van der Waals surface area contributed by atoms with E-state index in [1.54, 1.807) is 12.3 Å². The van der Waals surface area contributed by atoms with Gasteiger partial charge in [0.05, 0.1) is 5.56 Å². The lowest BCUT2D eigenvalue weighted by molar-refractivity contribution is 1.26. The Morgan fingerprint density at radius 2 is 2.06 bits per heavy atom. The lowest BCUT2D eigenvalue weighted by Gasteiger charge is -2.11. The van der Waals surface area contributed by atoms with E-state index in [0.717, 1.165) is 15.7 Å². The lowest BCUT2D eigenvalue weighted by atomic mass is 10.1. The molecule has 0 unspecified atom stereocenters. The third-order valence-electron chi connectivity index (χ3n) is 2.62. The van der Waals surface area contributed by atoms with Crippen LogP contribution in [0.3, 0.4) is 0 Å². The Bertz CT molecular complexity index is 629. The van der Waals surface area contributed by atoms with Gasteiger partial charge in [-0.2, -0.15) is 5.26 Å². The molecule has 0 saturated carbocycles. The highest BCUT2D eigenvalue weighted by Gasteiger charge is 2.06. The molecule has 1 aromatic heterocycles. The Balaban J connectivity index is 2.40. The van der Waals surface area contributed by atoms with E-state index < -0.39 is 0 Å². The zero-order valence-corrected chi connectivity index (χ0v) is 11.7. The third kappa shape index (κ3) is 2.69. The van der Waals surface area contributed by atoms with Crippen LogP contribution >= 0.6 is 15.9 Å². The maximum atomic E-state index is 9.09. The molecule has 0 spiro atoms. The largest absolute Gasteiger partial charge is 0.339 e. The first kappa shape index (κ1) is 12.6. The molecule has 3 nitrogen and oxygen atoms in total. The number of benzene rings is 1. The monoisotopic (exact) mass is 301 g/mol. The van der Waals surface area contributed by atoms with Gasteiger partial charge in [0.25, 0.3) is 0 Å². The summed E-state index contributed by atoms with van der Waals surface area (Å²) in [5.41, 5.74) is 3.78. The molecule has 0 atom stereocenters. The smallest absolute Gasteiger partial charge is 0.148 e. The van der Waals surface area contributed by atoms with Crippen LogP contribution in [-0.2, 0) is 0 Å². The normalized spacial score (nSPS) is 9.89. The molecule has 2 aromatic rings. The van der Waals surface area contributed by atoms with Crippen LogP contribution in [0.4, 0.5) is 11.5 Å². The number of halogens is 1. The number of nitriles is 1.